The molecule has 11 heteroatoms. The standard InChI is InChI=1S/C35H47NO10/c1-18(2)30(39)42-17-34(7)24-15-26(43-20(5)37)35(8)29(33(24,6)12-11-25(34)45-31(40)19(3)4)28(38)27-23(46-35)14-22(44-32(27)41)21-10-9-13-36-16-21/h9-10,13-14,16,18-19,24-26,28-29,32,38,41H,11-12,15,17H2,1-8H3/t24?,25-,26-,28-,29?,32?,33-,34-,35+/m0/s1. The normalized spacial score (nSPS) is 36.7. The highest BCUT2D eigenvalue weighted by molar-refractivity contribution is 5.72. The lowest BCUT2D eigenvalue weighted by molar-refractivity contribution is -0.281. The lowest BCUT2D eigenvalue weighted by Crippen LogP contribution is -2.72. The molecule has 2 saturated carbocycles. The lowest BCUT2D eigenvalue weighted by Gasteiger charge is -2.67. The predicted octanol–water partition coefficient (Wildman–Crippen LogP) is 4.32. The molecular formula is C35H47NO10. The van der Waals surface area contributed by atoms with E-state index in [-0.39, 0.29) is 47.6 Å². The molecule has 2 aliphatic heterocycles. The average Bonchev–Trinajstić information content (AvgIpc) is 2.98. The van der Waals surface area contributed by atoms with Crippen LogP contribution in [0.2, 0.25) is 0 Å². The molecule has 0 radical (unpaired) electrons. The predicted molar refractivity (Wildman–Crippen MR) is 165 cm³/mol. The minimum atomic E-state index is -1.51. The molecule has 46 heavy (non-hydrogen) atoms. The Kier molecular flexibility index (Phi) is 9.07. The van der Waals surface area contributed by atoms with Gasteiger partial charge in [0.1, 0.15) is 35.9 Å². The van der Waals surface area contributed by atoms with Gasteiger partial charge in [-0.2, -0.15) is 0 Å². The molecule has 0 amide bonds. The fourth-order valence-corrected chi connectivity index (χ4v) is 8.36. The zero-order valence-electron chi connectivity index (χ0n) is 27.9. The van der Waals surface area contributed by atoms with E-state index in [2.05, 4.69) is 11.9 Å². The van der Waals surface area contributed by atoms with Crippen LogP contribution >= 0.6 is 0 Å². The first-order valence-electron chi connectivity index (χ1n) is 16.1. The zero-order valence-corrected chi connectivity index (χ0v) is 27.9. The number of hydrogen-bond donors (Lipinski definition) is 2. The molecule has 2 fully saturated rings. The van der Waals surface area contributed by atoms with Crippen molar-refractivity contribution in [3.8, 4) is 0 Å². The van der Waals surface area contributed by atoms with Gasteiger partial charge in [0.15, 0.2) is 0 Å². The van der Waals surface area contributed by atoms with E-state index in [1.54, 1.807) is 58.3 Å². The van der Waals surface area contributed by atoms with Gasteiger partial charge in [-0.05, 0) is 49.7 Å². The van der Waals surface area contributed by atoms with Gasteiger partial charge in [-0.3, -0.25) is 19.4 Å². The van der Waals surface area contributed by atoms with Crippen molar-refractivity contribution in [2.45, 2.75) is 105 Å². The van der Waals surface area contributed by atoms with Gasteiger partial charge in [-0.1, -0.05) is 41.5 Å². The van der Waals surface area contributed by atoms with Crippen LogP contribution in [0, 0.1) is 34.5 Å². The number of carbonyl (C=O) groups is 3. The van der Waals surface area contributed by atoms with Crippen LogP contribution in [-0.2, 0) is 38.1 Å². The summed E-state index contributed by atoms with van der Waals surface area (Å²) < 4.78 is 30.6. The molecule has 2 aliphatic carbocycles. The number of fused-ring (bicyclic) bond motifs is 3. The number of allylic oxidation sites excluding steroid dienone is 1. The summed E-state index contributed by atoms with van der Waals surface area (Å²) in [5, 5.41) is 23.5. The third kappa shape index (κ3) is 5.70. The highest BCUT2D eigenvalue weighted by Crippen LogP contribution is 2.66. The summed E-state index contributed by atoms with van der Waals surface area (Å²) in [5.41, 5.74) is -2.05. The summed E-state index contributed by atoms with van der Waals surface area (Å²) in [6.45, 7) is 14.1. The van der Waals surface area contributed by atoms with Crippen LogP contribution in [0.1, 0.15) is 80.2 Å². The summed E-state index contributed by atoms with van der Waals surface area (Å²) in [6, 6.07) is 3.53. The van der Waals surface area contributed by atoms with E-state index in [1.165, 1.54) is 6.92 Å². The number of rotatable bonds is 7. The fourth-order valence-electron chi connectivity index (χ4n) is 8.36. The molecule has 5 rings (SSSR count). The second-order valence-electron chi connectivity index (χ2n) is 14.5. The summed E-state index contributed by atoms with van der Waals surface area (Å²) in [7, 11) is 0. The molecule has 0 saturated heterocycles. The number of aliphatic hydroxyl groups is 2. The lowest BCUT2D eigenvalue weighted by atomic mass is 9.42. The Morgan fingerprint density at radius 1 is 1.04 bits per heavy atom. The van der Waals surface area contributed by atoms with Gasteiger partial charge in [0, 0.05) is 42.3 Å². The Morgan fingerprint density at radius 2 is 1.74 bits per heavy atom. The topological polar surface area (TPSA) is 151 Å². The molecular weight excluding hydrogens is 594 g/mol. The Bertz CT molecular complexity index is 1420. The van der Waals surface area contributed by atoms with Crippen LogP contribution in [0.25, 0.3) is 5.76 Å². The first-order valence-corrected chi connectivity index (χ1v) is 16.1. The molecule has 0 spiro atoms. The monoisotopic (exact) mass is 641 g/mol. The van der Waals surface area contributed by atoms with Crippen molar-refractivity contribution >= 4 is 23.7 Å². The third-order valence-corrected chi connectivity index (χ3v) is 10.7. The maximum Gasteiger partial charge on any atom is 0.308 e. The summed E-state index contributed by atoms with van der Waals surface area (Å²) >= 11 is 0. The molecule has 4 aliphatic rings. The molecule has 252 valence electrons. The van der Waals surface area contributed by atoms with Crippen LogP contribution in [0.3, 0.4) is 0 Å². The smallest absolute Gasteiger partial charge is 0.308 e. The zero-order chi connectivity index (χ0) is 33.8. The Balaban J connectivity index is 1.62. The van der Waals surface area contributed by atoms with Crippen molar-refractivity contribution in [1.82, 2.24) is 4.98 Å². The van der Waals surface area contributed by atoms with Gasteiger partial charge >= 0.3 is 17.9 Å². The maximum atomic E-state index is 12.9. The number of pyridine rings is 1. The number of aromatic nitrogens is 1. The number of carbonyl (C=O) groups excluding carboxylic acids is 3. The summed E-state index contributed by atoms with van der Waals surface area (Å²) in [5.74, 6) is -2.49. The Hall–Kier alpha value is -3.44. The van der Waals surface area contributed by atoms with E-state index in [1.807, 2.05) is 13.8 Å². The van der Waals surface area contributed by atoms with E-state index in [4.69, 9.17) is 23.7 Å². The molecule has 3 unspecified atom stereocenters. The minimum absolute atomic E-state index is 0.0373. The van der Waals surface area contributed by atoms with Gasteiger partial charge in [0.25, 0.3) is 0 Å². The van der Waals surface area contributed by atoms with E-state index in [0.717, 1.165) is 0 Å². The molecule has 9 atom stereocenters. The van der Waals surface area contributed by atoms with Crippen molar-refractivity contribution in [1.29, 1.82) is 0 Å². The summed E-state index contributed by atoms with van der Waals surface area (Å²) in [6.07, 6.45) is 1.90. The third-order valence-electron chi connectivity index (χ3n) is 10.7. The van der Waals surface area contributed by atoms with Crippen LogP contribution in [0.5, 0.6) is 0 Å². The Morgan fingerprint density at radius 3 is 2.35 bits per heavy atom. The first kappa shape index (κ1) is 33.9. The van der Waals surface area contributed by atoms with Crippen LogP contribution in [-0.4, -0.2) is 69.9 Å². The Labute approximate surface area is 270 Å². The van der Waals surface area contributed by atoms with Crippen LogP contribution < -0.4 is 0 Å². The first-order chi connectivity index (χ1) is 21.5. The van der Waals surface area contributed by atoms with Crippen LogP contribution in [0.15, 0.2) is 41.9 Å². The van der Waals surface area contributed by atoms with Gasteiger partial charge in [0.05, 0.1) is 23.5 Å². The molecule has 3 heterocycles. The number of aliphatic hydroxyl groups excluding tert-OH is 2. The number of esters is 3. The highest BCUT2D eigenvalue weighted by atomic mass is 16.6. The second-order valence-corrected chi connectivity index (χ2v) is 14.5. The van der Waals surface area contributed by atoms with Crippen molar-refractivity contribution in [2.75, 3.05) is 6.61 Å². The molecule has 0 bridgehead atoms. The van der Waals surface area contributed by atoms with E-state index < -0.39 is 52.9 Å². The summed E-state index contributed by atoms with van der Waals surface area (Å²) in [4.78, 5) is 42.4. The van der Waals surface area contributed by atoms with Crippen molar-refractivity contribution in [3.05, 3.63) is 47.5 Å². The average molecular weight is 642 g/mol. The van der Waals surface area contributed by atoms with Crippen molar-refractivity contribution in [3.63, 3.8) is 0 Å². The number of nitrogens with zero attached hydrogens (tertiary/aromatic N) is 1. The molecule has 1 aromatic rings. The number of hydrogen-bond acceptors (Lipinski definition) is 11. The van der Waals surface area contributed by atoms with Gasteiger partial charge < -0.3 is 33.9 Å². The minimum Gasteiger partial charge on any atom is -0.483 e. The second kappa shape index (κ2) is 12.3. The van der Waals surface area contributed by atoms with Gasteiger partial charge in [0.2, 0.25) is 6.29 Å². The molecule has 2 N–H and O–H groups in total. The number of ether oxygens (including phenoxy) is 5. The largest absolute Gasteiger partial charge is 0.483 e. The van der Waals surface area contributed by atoms with Crippen molar-refractivity contribution < 1.29 is 48.3 Å². The maximum absolute atomic E-state index is 12.9. The molecule has 0 aromatic carbocycles. The van der Waals surface area contributed by atoms with Crippen molar-refractivity contribution in [2.24, 2.45) is 34.5 Å². The van der Waals surface area contributed by atoms with E-state index in [0.29, 0.717) is 30.6 Å². The van der Waals surface area contributed by atoms with Gasteiger partial charge in [-0.15, -0.1) is 0 Å². The van der Waals surface area contributed by atoms with E-state index in [9.17, 15) is 24.6 Å². The molecule has 1 aromatic heterocycles. The quantitative estimate of drug-likeness (QED) is 0.324. The SMILES string of the molecule is CC(=O)O[C@H]1CC2[C@](C)(CC[C@H](OC(=O)C(C)C)[C@@]2(C)COC(=O)C(C)C)C2[C@@H](O)C3=C(C=C(c4cccnc4)OC3O)O[C@@]21C. The van der Waals surface area contributed by atoms with Crippen LogP contribution in [0.4, 0.5) is 0 Å². The molecule has 11 nitrogen and oxygen atoms in total. The van der Waals surface area contributed by atoms with Gasteiger partial charge in [-0.25, -0.2) is 0 Å². The van der Waals surface area contributed by atoms with E-state index >= 15 is 0 Å². The highest BCUT2D eigenvalue weighted by Gasteiger charge is 2.71. The fraction of sp³-hybridized carbons (Fsp3) is 0.657.